The monoisotopic (exact) mass is 281 g/mol. The molecule has 1 unspecified atom stereocenters. The van der Waals surface area contributed by atoms with Crippen LogP contribution in [0.5, 0.6) is 0 Å². The fourth-order valence-corrected chi connectivity index (χ4v) is 1.84. The molecule has 1 atom stereocenters. The van der Waals surface area contributed by atoms with Crippen molar-refractivity contribution in [3.05, 3.63) is 31.6 Å². The third kappa shape index (κ3) is 5.46. The highest BCUT2D eigenvalue weighted by Crippen LogP contribution is 2.28. The van der Waals surface area contributed by atoms with Crippen LogP contribution < -0.4 is 5.43 Å². The highest BCUT2D eigenvalue weighted by atomic mass is 16.6. The van der Waals surface area contributed by atoms with Gasteiger partial charge in [0.25, 0.3) is 0 Å². The number of carbonyl (C=O) groups excluding carboxylic acids is 2. The highest BCUT2D eigenvalue weighted by Gasteiger charge is 2.30. The van der Waals surface area contributed by atoms with E-state index in [0.29, 0.717) is 0 Å². The number of hydrogen-bond donors (Lipinski definition) is 2. The molecule has 111 valence electrons. The van der Waals surface area contributed by atoms with Gasteiger partial charge in [-0.15, -0.1) is 0 Å². The van der Waals surface area contributed by atoms with Crippen LogP contribution in [0.3, 0.4) is 0 Å². The van der Waals surface area contributed by atoms with Gasteiger partial charge in [0.2, 0.25) is 0 Å². The summed E-state index contributed by atoms with van der Waals surface area (Å²) in [5.74, 6) is 0.920. The van der Waals surface area contributed by atoms with E-state index in [2.05, 4.69) is 5.43 Å². The Morgan fingerprint density at radius 1 is 1.40 bits per heavy atom. The molecule has 1 saturated carbocycles. The zero-order valence-electron chi connectivity index (χ0n) is 11.8. The number of aliphatic hydroxyl groups is 1. The van der Waals surface area contributed by atoms with Gasteiger partial charge in [0.05, 0.1) is 19.8 Å². The van der Waals surface area contributed by atoms with Crippen LogP contribution in [0.2, 0.25) is 0 Å². The Kier molecular flexibility index (Phi) is 7.54. The van der Waals surface area contributed by atoms with Gasteiger partial charge in [-0.1, -0.05) is 0 Å². The molecule has 1 fully saturated rings. The van der Waals surface area contributed by atoms with Gasteiger partial charge in [0, 0.05) is 18.4 Å². The van der Waals surface area contributed by atoms with Crippen molar-refractivity contribution in [2.24, 2.45) is 0 Å². The van der Waals surface area contributed by atoms with Gasteiger partial charge in [-0.3, -0.25) is 4.79 Å². The molecule has 0 aliphatic heterocycles. The number of ether oxygens (including phenoxy) is 1. The number of aliphatic hydroxyl groups excluding tert-OH is 1. The van der Waals surface area contributed by atoms with Gasteiger partial charge in [0.1, 0.15) is 5.78 Å². The van der Waals surface area contributed by atoms with E-state index in [-0.39, 0.29) is 38.0 Å². The Balaban J connectivity index is 2.67. The lowest BCUT2D eigenvalue weighted by Gasteiger charge is -2.30. The van der Waals surface area contributed by atoms with E-state index >= 15 is 0 Å². The van der Waals surface area contributed by atoms with Crippen molar-refractivity contribution < 1.29 is 19.4 Å². The first-order valence-corrected chi connectivity index (χ1v) is 6.60. The molecule has 6 heteroatoms. The third-order valence-corrected chi connectivity index (χ3v) is 2.71. The Morgan fingerprint density at radius 3 is 2.55 bits per heavy atom. The van der Waals surface area contributed by atoms with Crippen molar-refractivity contribution in [3.8, 4) is 0 Å². The van der Waals surface area contributed by atoms with Gasteiger partial charge in [-0.2, -0.15) is 0 Å². The van der Waals surface area contributed by atoms with Crippen LogP contribution >= 0.6 is 0 Å². The molecule has 1 rings (SSSR count). The summed E-state index contributed by atoms with van der Waals surface area (Å²) in [6.45, 7) is 3.35. The average molecular weight is 281 g/mol. The van der Waals surface area contributed by atoms with Crippen LogP contribution in [0.1, 0.15) is 20.3 Å². The summed E-state index contributed by atoms with van der Waals surface area (Å²) in [4.78, 5) is 23.1. The third-order valence-electron chi connectivity index (χ3n) is 2.71. The zero-order chi connectivity index (χ0) is 15.0. The zero-order valence-corrected chi connectivity index (χ0v) is 11.8. The topological polar surface area (TPSA) is 78.9 Å². The fraction of sp³-hybridized carbons (Fsp3) is 0.500. The predicted octanol–water partition coefficient (Wildman–Crippen LogP) is 0.695. The Hall–Kier alpha value is -1.14. The summed E-state index contributed by atoms with van der Waals surface area (Å²) < 4.78 is 4.91. The molecule has 0 spiro atoms. The van der Waals surface area contributed by atoms with Crippen molar-refractivity contribution in [2.45, 2.75) is 26.3 Å². The van der Waals surface area contributed by atoms with Crippen LogP contribution in [0.4, 0.5) is 4.79 Å². The number of carbonyl (C=O) groups is 2. The highest BCUT2D eigenvalue weighted by molar-refractivity contribution is 5.77. The quantitative estimate of drug-likeness (QED) is 0.640. The second-order valence-electron chi connectivity index (χ2n) is 4.38. The number of rotatable bonds is 8. The maximum Gasteiger partial charge on any atom is 0.424 e. The van der Waals surface area contributed by atoms with Crippen molar-refractivity contribution >= 4 is 11.9 Å². The van der Waals surface area contributed by atoms with Crippen molar-refractivity contribution in [3.63, 3.8) is 0 Å². The van der Waals surface area contributed by atoms with Crippen molar-refractivity contribution in [2.75, 3.05) is 19.8 Å². The smallest absolute Gasteiger partial charge is 0.424 e. The maximum atomic E-state index is 11.8. The molecule has 0 bridgehead atoms. The predicted molar refractivity (Wildman–Crippen MR) is 73.5 cm³/mol. The SMILES string of the molecule is CCOC(=O)N(CCO)NC(CC(C)=O)[C]1[CH][CH][CH][CH]1. The number of nitrogens with one attached hydrogen (secondary N) is 1. The minimum atomic E-state index is -0.568. The molecule has 1 aliphatic carbocycles. The van der Waals surface area contributed by atoms with Gasteiger partial charge < -0.3 is 9.84 Å². The van der Waals surface area contributed by atoms with E-state index in [1.54, 1.807) is 6.92 Å². The fourth-order valence-electron chi connectivity index (χ4n) is 1.84. The second-order valence-corrected chi connectivity index (χ2v) is 4.38. The maximum absolute atomic E-state index is 11.8. The molecule has 0 aromatic rings. The largest absolute Gasteiger partial charge is 0.449 e. The van der Waals surface area contributed by atoms with Gasteiger partial charge in [-0.05, 0) is 39.5 Å². The van der Waals surface area contributed by atoms with Crippen LogP contribution in [-0.4, -0.2) is 47.8 Å². The molecule has 5 radical (unpaired) electrons. The lowest BCUT2D eigenvalue weighted by Crippen LogP contribution is -2.52. The van der Waals surface area contributed by atoms with Crippen molar-refractivity contribution in [1.82, 2.24) is 10.4 Å². The summed E-state index contributed by atoms with van der Waals surface area (Å²) >= 11 is 0. The average Bonchev–Trinajstić information content (AvgIpc) is 2.90. The number of ketones is 1. The molecule has 2 N–H and O–H groups in total. The first kappa shape index (κ1) is 16.9. The summed E-state index contributed by atoms with van der Waals surface area (Å²) in [6, 6.07) is -0.321. The Labute approximate surface area is 120 Å². The first-order valence-electron chi connectivity index (χ1n) is 6.60. The molecule has 0 saturated heterocycles. The number of nitrogens with zero attached hydrogens (tertiary/aromatic N) is 1. The molecule has 0 heterocycles. The molecule has 1 aliphatic rings. The van der Waals surface area contributed by atoms with E-state index < -0.39 is 6.09 Å². The van der Waals surface area contributed by atoms with E-state index in [1.165, 1.54) is 11.9 Å². The minimum absolute atomic E-state index is 0.0107. The molecular formula is C14H21N2O4. The molecule has 1 amide bonds. The van der Waals surface area contributed by atoms with Crippen LogP contribution in [0.25, 0.3) is 0 Å². The minimum Gasteiger partial charge on any atom is -0.449 e. The molecule has 20 heavy (non-hydrogen) atoms. The molecular weight excluding hydrogens is 260 g/mol. The summed E-state index contributed by atoms with van der Waals surface area (Å²) in [5.41, 5.74) is 2.95. The van der Waals surface area contributed by atoms with Gasteiger partial charge in [0.15, 0.2) is 0 Å². The molecule has 0 aromatic carbocycles. The van der Waals surface area contributed by atoms with Crippen molar-refractivity contribution in [1.29, 1.82) is 0 Å². The van der Waals surface area contributed by atoms with E-state index in [9.17, 15) is 9.59 Å². The van der Waals surface area contributed by atoms with Gasteiger partial charge >= 0.3 is 6.09 Å². The molecule has 0 aromatic heterocycles. The standard InChI is InChI=1S/C14H21N2O4/c1-3-20-14(19)16(8-9-17)15-13(10-11(2)18)12-6-4-5-7-12/h4-7,13,15,17H,3,8-10H2,1-2H3. The number of hydrazine groups is 1. The second kappa shape index (κ2) is 8.92. The Morgan fingerprint density at radius 2 is 2.05 bits per heavy atom. The normalized spacial score (nSPS) is 16.9. The first-order chi connectivity index (χ1) is 9.58. The van der Waals surface area contributed by atoms with E-state index in [0.717, 1.165) is 5.92 Å². The van der Waals surface area contributed by atoms with Crippen LogP contribution in [-0.2, 0) is 9.53 Å². The summed E-state index contributed by atoms with van der Waals surface area (Å²) in [7, 11) is 0. The summed E-state index contributed by atoms with van der Waals surface area (Å²) in [5, 5.41) is 10.2. The van der Waals surface area contributed by atoms with E-state index in [1.807, 2.05) is 25.7 Å². The lowest BCUT2D eigenvalue weighted by molar-refractivity contribution is -0.117. The lowest BCUT2D eigenvalue weighted by atomic mass is 9.94. The van der Waals surface area contributed by atoms with Crippen LogP contribution in [0, 0.1) is 31.6 Å². The van der Waals surface area contributed by atoms with Crippen LogP contribution in [0.15, 0.2) is 0 Å². The summed E-state index contributed by atoms with van der Waals surface area (Å²) in [6.07, 6.45) is 7.18. The number of Topliss-reactive ketones (excluding diaryl/α,β-unsaturated/α-hetero) is 1. The van der Waals surface area contributed by atoms with E-state index in [4.69, 9.17) is 9.84 Å². The number of amides is 1. The Bertz CT molecular complexity index is 316. The van der Waals surface area contributed by atoms with Gasteiger partial charge in [-0.25, -0.2) is 15.2 Å². The molecule has 6 nitrogen and oxygen atoms in total. The number of hydrogen-bond acceptors (Lipinski definition) is 5.